The molecule has 0 radical (unpaired) electrons. The van der Waals surface area contributed by atoms with E-state index in [1.807, 2.05) is 0 Å². The minimum absolute atomic E-state index is 0. The number of halogens is 1. The molecule has 80 valence electrons. The van der Waals surface area contributed by atoms with E-state index in [1.54, 1.807) is 0 Å². The van der Waals surface area contributed by atoms with Crippen molar-refractivity contribution in [3.63, 3.8) is 0 Å². The third kappa shape index (κ3) is 3.93. The number of aliphatic hydroxyl groups is 5. The molecule has 0 saturated carbocycles. The number of hydrogen-bond acceptors (Lipinski definition) is 6. The van der Waals surface area contributed by atoms with Gasteiger partial charge in [0, 0.05) is 0 Å². The smallest absolute Gasteiger partial charge is 1.00 e. The van der Waals surface area contributed by atoms with Crippen LogP contribution in [0, 0.1) is 0 Å². The summed E-state index contributed by atoms with van der Waals surface area (Å²) in [4.78, 5) is 0. The van der Waals surface area contributed by atoms with Crippen LogP contribution in [0.1, 0.15) is 0 Å². The second kappa shape index (κ2) is 7.88. The molecular weight excluding hydrogens is 243 g/mol. The van der Waals surface area contributed by atoms with E-state index in [9.17, 15) is 0 Å². The first kappa shape index (κ1) is 18.1. The van der Waals surface area contributed by atoms with Crippen LogP contribution in [0.15, 0.2) is 0 Å². The topological polar surface area (TPSA) is 110 Å². The molecule has 0 spiro atoms. The van der Waals surface area contributed by atoms with Gasteiger partial charge in [0.2, 0.25) is 0 Å². The fraction of sp³-hybridized carbons (Fsp3) is 1.00. The van der Waals surface area contributed by atoms with Gasteiger partial charge < -0.3 is 42.7 Å². The van der Waals surface area contributed by atoms with E-state index in [-0.39, 0.29) is 63.8 Å². The second-order valence-electron chi connectivity index (χ2n) is 2.72. The van der Waals surface area contributed by atoms with Gasteiger partial charge in [0.1, 0.15) is 24.4 Å². The Hall–Kier alpha value is 1.69. The zero-order valence-electron chi connectivity index (χ0n) is 7.62. The van der Waals surface area contributed by atoms with Crippen molar-refractivity contribution in [1.82, 2.24) is 0 Å². The summed E-state index contributed by atoms with van der Waals surface area (Å²) in [6.07, 6.45) is -7.04. The maximum atomic E-state index is 9.12. The standard InChI is InChI=1S/C6H12O6.ClH.K/c7-1-2-3(8)4(9)5(10)6(11)12-2;;/h2-11H,1H2;1H;/q;;+1/p-1. The Labute approximate surface area is 130 Å². The van der Waals surface area contributed by atoms with Crippen LogP contribution in [0.25, 0.3) is 0 Å². The molecular formula is C6H12ClKO6. The van der Waals surface area contributed by atoms with Gasteiger partial charge in [-0.05, 0) is 0 Å². The Kier molecular flexibility index (Phi) is 10.2. The van der Waals surface area contributed by atoms with Gasteiger partial charge in [-0.3, -0.25) is 0 Å². The van der Waals surface area contributed by atoms with Crippen molar-refractivity contribution in [2.24, 2.45) is 0 Å². The van der Waals surface area contributed by atoms with Gasteiger partial charge in [-0.15, -0.1) is 0 Å². The molecule has 1 aliphatic rings. The maximum Gasteiger partial charge on any atom is 1.00 e. The maximum absolute atomic E-state index is 9.12. The molecule has 5 atom stereocenters. The van der Waals surface area contributed by atoms with Crippen molar-refractivity contribution >= 4 is 0 Å². The Morgan fingerprint density at radius 2 is 1.43 bits per heavy atom. The summed E-state index contributed by atoms with van der Waals surface area (Å²) in [6.45, 7) is -0.526. The van der Waals surface area contributed by atoms with Gasteiger partial charge in [-0.1, -0.05) is 0 Å². The molecule has 0 aromatic heterocycles. The van der Waals surface area contributed by atoms with Gasteiger partial charge in [0.25, 0.3) is 0 Å². The molecule has 8 heteroatoms. The largest absolute Gasteiger partial charge is 1.00 e. The van der Waals surface area contributed by atoms with Crippen LogP contribution in [0.4, 0.5) is 0 Å². The van der Waals surface area contributed by atoms with Crippen LogP contribution >= 0.6 is 0 Å². The fourth-order valence-electron chi connectivity index (χ4n) is 1.08. The van der Waals surface area contributed by atoms with Crippen LogP contribution in [0.5, 0.6) is 0 Å². The van der Waals surface area contributed by atoms with Crippen LogP contribution in [-0.2, 0) is 4.74 Å². The van der Waals surface area contributed by atoms with E-state index < -0.39 is 37.3 Å². The molecule has 14 heavy (non-hydrogen) atoms. The number of aliphatic hydroxyl groups excluding tert-OH is 5. The zero-order valence-corrected chi connectivity index (χ0v) is 11.5. The first-order chi connectivity index (χ1) is 5.57. The third-order valence-electron chi connectivity index (χ3n) is 1.87. The Morgan fingerprint density at radius 1 is 0.929 bits per heavy atom. The Balaban J connectivity index is 0. The molecule has 5 N–H and O–H groups in total. The molecule has 0 amide bonds. The first-order valence-corrected chi connectivity index (χ1v) is 3.56. The molecule has 1 aliphatic heterocycles. The fourth-order valence-corrected chi connectivity index (χ4v) is 1.08. The predicted molar refractivity (Wildman–Crippen MR) is 36.0 cm³/mol. The van der Waals surface area contributed by atoms with Gasteiger partial charge in [0.15, 0.2) is 6.29 Å². The molecule has 1 heterocycles. The summed E-state index contributed by atoms with van der Waals surface area (Å²) in [7, 11) is 0. The summed E-state index contributed by atoms with van der Waals surface area (Å²) < 4.78 is 4.58. The van der Waals surface area contributed by atoms with E-state index in [4.69, 9.17) is 25.5 Å². The monoisotopic (exact) mass is 254 g/mol. The summed E-state index contributed by atoms with van der Waals surface area (Å²) in [5.41, 5.74) is 0. The van der Waals surface area contributed by atoms with Gasteiger partial charge >= 0.3 is 51.4 Å². The van der Waals surface area contributed by atoms with Crippen molar-refractivity contribution < 1.29 is 94.1 Å². The van der Waals surface area contributed by atoms with E-state index in [0.29, 0.717) is 0 Å². The summed E-state index contributed by atoms with van der Waals surface area (Å²) in [5, 5.41) is 44.7. The minimum Gasteiger partial charge on any atom is -1.00 e. The van der Waals surface area contributed by atoms with E-state index >= 15 is 0 Å². The third-order valence-corrected chi connectivity index (χ3v) is 1.87. The summed E-state index contributed by atoms with van der Waals surface area (Å²) >= 11 is 0. The molecule has 1 saturated heterocycles. The van der Waals surface area contributed by atoms with Crippen LogP contribution in [0.2, 0.25) is 0 Å². The summed E-state index contributed by atoms with van der Waals surface area (Å²) in [5.74, 6) is 0. The van der Waals surface area contributed by atoms with E-state index in [1.165, 1.54) is 0 Å². The number of hydrogen-bond donors (Lipinski definition) is 5. The Bertz CT molecular complexity index is 157. The average Bonchev–Trinajstić information content (AvgIpc) is 2.08. The molecule has 0 aromatic carbocycles. The molecule has 1 fully saturated rings. The average molecular weight is 255 g/mol. The van der Waals surface area contributed by atoms with Crippen LogP contribution in [0.3, 0.4) is 0 Å². The van der Waals surface area contributed by atoms with Gasteiger partial charge in [-0.25, -0.2) is 0 Å². The molecule has 0 aliphatic carbocycles. The molecule has 1 rings (SSSR count). The van der Waals surface area contributed by atoms with Crippen molar-refractivity contribution in [3.05, 3.63) is 0 Å². The van der Waals surface area contributed by atoms with Crippen molar-refractivity contribution in [1.29, 1.82) is 0 Å². The van der Waals surface area contributed by atoms with Crippen LogP contribution in [-0.4, -0.2) is 62.8 Å². The SMILES string of the molecule is OCC1OC(O)C(O)C(O)C1O.[Cl-].[K+]. The van der Waals surface area contributed by atoms with Crippen molar-refractivity contribution in [2.45, 2.75) is 30.7 Å². The zero-order chi connectivity index (χ0) is 9.30. The summed E-state index contributed by atoms with van der Waals surface area (Å²) in [6, 6.07) is 0. The quantitative estimate of drug-likeness (QED) is 0.297. The van der Waals surface area contributed by atoms with E-state index in [2.05, 4.69) is 4.74 Å². The number of rotatable bonds is 1. The van der Waals surface area contributed by atoms with Gasteiger partial charge in [-0.2, -0.15) is 0 Å². The normalized spacial score (nSPS) is 42.2. The van der Waals surface area contributed by atoms with E-state index in [0.717, 1.165) is 0 Å². The first-order valence-electron chi connectivity index (χ1n) is 3.56. The molecule has 0 aromatic rings. The second-order valence-corrected chi connectivity index (χ2v) is 2.72. The van der Waals surface area contributed by atoms with Crippen molar-refractivity contribution in [2.75, 3.05) is 6.61 Å². The van der Waals surface area contributed by atoms with Gasteiger partial charge in [0.05, 0.1) is 6.61 Å². The molecule has 0 bridgehead atoms. The molecule has 6 nitrogen and oxygen atoms in total. The predicted octanol–water partition coefficient (Wildman–Crippen LogP) is -9.21. The number of ether oxygens (including phenoxy) is 1. The Morgan fingerprint density at radius 3 is 1.86 bits per heavy atom. The molecule has 5 unspecified atom stereocenters. The minimum atomic E-state index is -1.57. The van der Waals surface area contributed by atoms with Crippen molar-refractivity contribution in [3.8, 4) is 0 Å². The van der Waals surface area contributed by atoms with Crippen LogP contribution < -0.4 is 63.8 Å².